The van der Waals surface area contributed by atoms with Gasteiger partial charge >= 0.3 is 5.97 Å². The summed E-state index contributed by atoms with van der Waals surface area (Å²) >= 11 is 5.83. The van der Waals surface area contributed by atoms with Crippen LogP contribution in [0, 0.1) is 0 Å². The molecule has 0 spiro atoms. The Morgan fingerprint density at radius 2 is 1.70 bits per heavy atom. The second-order valence-electron chi connectivity index (χ2n) is 5.24. The molecule has 0 radical (unpaired) electrons. The minimum absolute atomic E-state index is 0.291. The molecule has 0 aromatic heterocycles. The van der Waals surface area contributed by atoms with E-state index in [0.29, 0.717) is 17.2 Å². The van der Waals surface area contributed by atoms with Crippen LogP contribution in [-0.4, -0.2) is 17.2 Å². The number of hydrogen-bond acceptors (Lipinski definition) is 2. The zero-order chi connectivity index (χ0) is 16.2. The lowest BCUT2D eigenvalue weighted by Gasteiger charge is -2.16. The number of benzene rings is 3. The van der Waals surface area contributed by atoms with Gasteiger partial charge in [-0.15, -0.1) is 0 Å². The van der Waals surface area contributed by atoms with E-state index in [-0.39, 0.29) is 0 Å². The summed E-state index contributed by atoms with van der Waals surface area (Å²) in [6.45, 7) is 0. The third-order valence-electron chi connectivity index (χ3n) is 3.65. The van der Waals surface area contributed by atoms with Crippen molar-refractivity contribution < 1.29 is 14.6 Å². The number of carbonyl (C=O) groups is 1. The summed E-state index contributed by atoms with van der Waals surface area (Å²) in [5.74, 6) is -0.505. The van der Waals surface area contributed by atoms with Gasteiger partial charge in [-0.3, -0.25) is 0 Å². The van der Waals surface area contributed by atoms with Gasteiger partial charge in [0.15, 0.2) is 6.10 Å². The van der Waals surface area contributed by atoms with Gasteiger partial charge < -0.3 is 9.84 Å². The zero-order valence-corrected chi connectivity index (χ0v) is 13.0. The topological polar surface area (TPSA) is 46.5 Å². The first-order valence-corrected chi connectivity index (χ1v) is 7.63. The third-order valence-corrected chi connectivity index (χ3v) is 3.90. The molecule has 116 valence electrons. The van der Waals surface area contributed by atoms with E-state index in [4.69, 9.17) is 16.3 Å². The standard InChI is InChI=1S/C19H15ClO3/c20-15-8-10-16(11-9-15)23-18(19(21)22)12-14-6-3-5-13-4-1-2-7-17(13)14/h1-11,18H,12H2,(H,21,22)/t18-/m1/s1. The van der Waals surface area contributed by atoms with Crippen molar-refractivity contribution in [2.24, 2.45) is 0 Å². The monoisotopic (exact) mass is 326 g/mol. The lowest BCUT2D eigenvalue weighted by molar-refractivity contribution is -0.145. The Kier molecular flexibility index (Phi) is 4.49. The predicted molar refractivity (Wildman–Crippen MR) is 91.2 cm³/mol. The Labute approximate surface area is 139 Å². The molecular formula is C19H15ClO3. The lowest BCUT2D eigenvalue weighted by atomic mass is 10.00. The van der Waals surface area contributed by atoms with Crippen LogP contribution in [0.15, 0.2) is 66.7 Å². The highest BCUT2D eigenvalue weighted by molar-refractivity contribution is 6.30. The van der Waals surface area contributed by atoms with Crippen LogP contribution in [0.25, 0.3) is 10.8 Å². The van der Waals surface area contributed by atoms with Gasteiger partial charge in [0.25, 0.3) is 0 Å². The van der Waals surface area contributed by atoms with Crippen LogP contribution in [0.5, 0.6) is 5.75 Å². The summed E-state index contributed by atoms with van der Waals surface area (Å²) < 4.78 is 5.63. The van der Waals surface area contributed by atoms with Crippen molar-refractivity contribution in [1.82, 2.24) is 0 Å². The van der Waals surface area contributed by atoms with E-state index in [1.54, 1.807) is 24.3 Å². The number of halogens is 1. The van der Waals surface area contributed by atoms with E-state index in [9.17, 15) is 9.90 Å². The average Bonchev–Trinajstić information content (AvgIpc) is 2.56. The van der Waals surface area contributed by atoms with Crippen molar-refractivity contribution in [3.63, 3.8) is 0 Å². The Bertz CT molecular complexity index is 822. The average molecular weight is 327 g/mol. The summed E-state index contributed by atoms with van der Waals surface area (Å²) in [6.07, 6.45) is -0.666. The molecule has 0 saturated carbocycles. The molecule has 4 heteroatoms. The Balaban J connectivity index is 1.87. The Morgan fingerprint density at radius 3 is 2.43 bits per heavy atom. The fraction of sp³-hybridized carbons (Fsp3) is 0.105. The van der Waals surface area contributed by atoms with Gasteiger partial charge in [-0.25, -0.2) is 4.79 Å². The molecule has 0 fully saturated rings. The number of carboxylic acid groups (broad SMARTS) is 1. The van der Waals surface area contributed by atoms with Gasteiger partial charge in [0.05, 0.1) is 0 Å². The molecule has 3 aromatic carbocycles. The molecule has 0 bridgehead atoms. The fourth-order valence-corrected chi connectivity index (χ4v) is 2.65. The van der Waals surface area contributed by atoms with E-state index < -0.39 is 12.1 Å². The van der Waals surface area contributed by atoms with Gasteiger partial charge in [-0.2, -0.15) is 0 Å². The van der Waals surface area contributed by atoms with E-state index in [2.05, 4.69) is 0 Å². The molecule has 0 aliphatic heterocycles. The van der Waals surface area contributed by atoms with E-state index in [0.717, 1.165) is 16.3 Å². The lowest BCUT2D eigenvalue weighted by Crippen LogP contribution is -2.29. The van der Waals surface area contributed by atoms with E-state index in [1.165, 1.54) is 0 Å². The van der Waals surface area contributed by atoms with Crippen molar-refractivity contribution in [1.29, 1.82) is 0 Å². The highest BCUT2D eigenvalue weighted by Crippen LogP contribution is 2.22. The van der Waals surface area contributed by atoms with Crippen LogP contribution in [0.3, 0.4) is 0 Å². The number of ether oxygens (including phenoxy) is 1. The second kappa shape index (κ2) is 6.71. The number of carboxylic acids is 1. The fourth-order valence-electron chi connectivity index (χ4n) is 2.53. The predicted octanol–water partition coefficient (Wildman–Crippen LogP) is 4.57. The van der Waals surface area contributed by atoms with Crippen molar-refractivity contribution in [3.8, 4) is 5.75 Å². The quantitative estimate of drug-likeness (QED) is 0.747. The van der Waals surface area contributed by atoms with E-state index in [1.807, 2.05) is 42.5 Å². The van der Waals surface area contributed by atoms with Gasteiger partial charge in [-0.1, -0.05) is 54.1 Å². The van der Waals surface area contributed by atoms with Crippen molar-refractivity contribution in [2.45, 2.75) is 12.5 Å². The molecule has 0 heterocycles. The summed E-state index contributed by atoms with van der Waals surface area (Å²) in [5.41, 5.74) is 0.949. The van der Waals surface area contributed by atoms with Crippen LogP contribution in [0.2, 0.25) is 5.02 Å². The molecule has 1 atom stereocenters. The maximum atomic E-state index is 11.6. The molecule has 1 N–H and O–H groups in total. The maximum absolute atomic E-state index is 11.6. The first-order valence-electron chi connectivity index (χ1n) is 7.25. The molecule has 0 aliphatic carbocycles. The van der Waals surface area contributed by atoms with Crippen LogP contribution >= 0.6 is 11.6 Å². The van der Waals surface area contributed by atoms with Crippen molar-refractivity contribution in [2.75, 3.05) is 0 Å². The highest BCUT2D eigenvalue weighted by Gasteiger charge is 2.21. The minimum Gasteiger partial charge on any atom is -0.478 e. The molecule has 23 heavy (non-hydrogen) atoms. The van der Waals surface area contributed by atoms with Gasteiger partial charge in [0.2, 0.25) is 0 Å². The molecular weight excluding hydrogens is 312 g/mol. The molecule has 0 saturated heterocycles. The number of hydrogen-bond donors (Lipinski definition) is 1. The molecule has 3 rings (SSSR count). The Hall–Kier alpha value is -2.52. The van der Waals surface area contributed by atoms with Gasteiger partial charge in [0.1, 0.15) is 5.75 Å². The number of fused-ring (bicyclic) bond motifs is 1. The largest absolute Gasteiger partial charge is 0.478 e. The number of rotatable bonds is 5. The van der Waals surface area contributed by atoms with Crippen LogP contribution in [0.4, 0.5) is 0 Å². The van der Waals surface area contributed by atoms with Gasteiger partial charge in [-0.05, 0) is 40.6 Å². The Morgan fingerprint density at radius 1 is 1.00 bits per heavy atom. The van der Waals surface area contributed by atoms with Crippen LogP contribution < -0.4 is 4.74 Å². The zero-order valence-electron chi connectivity index (χ0n) is 12.3. The summed E-state index contributed by atoms with van der Waals surface area (Å²) in [5, 5.41) is 12.2. The van der Waals surface area contributed by atoms with E-state index >= 15 is 0 Å². The molecule has 0 amide bonds. The summed E-state index contributed by atoms with van der Waals surface area (Å²) in [7, 11) is 0. The normalized spacial score (nSPS) is 12.0. The van der Waals surface area contributed by atoms with Crippen molar-refractivity contribution >= 4 is 28.3 Å². The molecule has 0 unspecified atom stereocenters. The van der Waals surface area contributed by atoms with Crippen LogP contribution in [0.1, 0.15) is 5.56 Å². The van der Waals surface area contributed by atoms with Gasteiger partial charge in [0, 0.05) is 11.4 Å². The minimum atomic E-state index is -0.993. The van der Waals surface area contributed by atoms with Crippen molar-refractivity contribution in [3.05, 3.63) is 77.3 Å². The summed E-state index contributed by atoms with van der Waals surface area (Å²) in [6, 6.07) is 20.5. The summed E-state index contributed by atoms with van der Waals surface area (Å²) in [4.78, 5) is 11.6. The maximum Gasteiger partial charge on any atom is 0.345 e. The first kappa shape index (κ1) is 15.4. The third kappa shape index (κ3) is 3.63. The second-order valence-corrected chi connectivity index (χ2v) is 5.68. The number of aliphatic carboxylic acids is 1. The molecule has 0 aliphatic rings. The SMILES string of the molecule is O=C(O)[C@@H](Cc1cccc2ccccc12)Oc1ccc(Cl)cc1. The molecule has 3 nitrogen and oxygen atoms in total. The molecule has 3 aromatic rings. The highest BCUT2D eigenvalue weighted by atomic mass is 35.5. The smallest absolute Gasteiger partial charge is 0.345 e. The first-order chi connectivity index (χ1) is 11.1. The van der Waals surface area contributed by atoms with Crippen LogP contribution in [-0.2, 0) is 11.2 Å².